The van der Waals surface area contributed by atoms with Crippen LogP contribution in [-0.4, -0.2) is 17.9 Å². The zero-order valence-electron chi connectivity index (χ0n) is 10.3. The van der Waals surface area contributed by atoms with Gasteiger partial charge in [-0.2, -0.15) is 0 Å². The molecular weight excluding hydrogens is 180 g/mol. The average Bonchev–Trinajstić information content (AvgIpc) is 1.79. The molecular formula is C11H22O3. The van der Waals surface area contributed by atoms with E-state index >= 15 is 0 Å². The fourth-order valence-corrected chi connectivity index (χ4v) is 0.595. The third-order valence-corrected chi connectivity index (χ3v) is 1.88. The normalized spacial score (nSPS) is 14.8. The van der Waals surface area contributed by atoms with E-state index in [1.807, 2.05) is 48.5 Å². The van der Waals surface area contributed by atoms with Gasteiger partial charge < -0.3 is 9.47 Å². The molecule has 14 heavy (non-hydrogen) atoms. The monoisotopic (exact) mass is 202 g/mol. The van der Waals surface area contributed by atoms with Crippen LogP contribution in [0.2, 0.25) is 0 Å². The topological polar surface area (TPSA) is 35.5 Å². The predicted octanol–water partition coefficient (Wildman–Crippen LogP) is 3.37. The second-order valence-corrected chi connectivity index (χ2v) is 5.59. The third kappa shape index (κ3) is 5.84. The summed E-state index contributed by atoms with van der Waals surface area (Å²) in [5.41, 5.74) is -0.550. The first kappa shape index (κ1) is 13.3. The third-order valence-electron chi connectivity index (χ3n) is 1.88. The minimum absolute atomic E-state index is 0.0586. The second kappa shape index (κ2) is 4.20. The first-order chi connectivity index (χ1) is 6.02. The largest absolute Gasteiger partial charge is 0.509 e. The van der Waals surface area contributed by atoms with Crippen molar-refractivity contribution in [2.75, 3.05) is 0 Å². The van der Waals surface area contributed by atoms with Crippen LogP contribution in [0.15, 0.2) is 0 Å². The van der Waals surface area contributed by atoms with Crippen LogP contribution in [0.5, 0.6) is 0 Å². The number of carbonyl (C=O) groups excluding carboxylic acids is 1. The van der Waals surface area contributed by atoms with Crippen molar-refractivity contribution in [1.82, 2.24) is 0 Å². The Bertz CT molecular complexity index is 196. The van der Waals surface area contributed by atoms with Crippen molar-refractivity contribution < 1.29 is 14.3 Å². The van der Waals surface area contributed by atoms with E-state index in [9.17, 15) is 4.79 Å². The highest BCUT2D eigenvalue weighted by molar-refractivity contribution is 5.60. The molecule has 84 valence electrons. The van der Waals surface area contributed by atoms with E-state index < -0.39 is 11.8 Å². The molecule has 0 N–H and O–H groups in total. The number of rotatable bonds is 1. The Kier molecular flexibility index (Phi) is 3.98. The van der Waals surface area contributed by atoms with Gasteiger partial charge in [-0.25, -0.2) is 4.79 Å². The van der Waals surface area contributed by atoms with Crippen molar-refractivity contribution in [3.05, 3.63) is 0 Å². The first-order valence-corrected chi connectivity index (χ1v) is 4.92. The summed E-state index contributed by atoms with van der Waals surface area (Å²) in [5.74, 6) is 0. The quantitative estimate of drug-likeness (QED) is 0.611. The second-order valence-electron chi connectivity index (χ2n) is 5.59. The van der Waals surface area contributed by atoms with Gasteiger partial charge in [0, 0.05) is 0 Å². The van der Waals surface area contributed by atoms with Gasteiger partial charge in [0.05, 0.1) is 0 Å². The SMILES string of the molecule is CC(OC(=O)OC(C)(C)C)C(C)(C)C. The first-order valence-electron chi connectivity index (χ1n) is 4.92. The fraction of sp³-hybridized carbons (Fsp3) is 0.909. The molecule has 1 atom stereocenters. The van der Waals surface area contributed by atoms with E-state index in [-0.39, 0.29) is 11.5 Å². The summed E-state index contributed by atoms with van der Waals surface area (Å²) in [5, 5.41) is 0. The maximum atomic E-state index is 11.3. The molecule has 0 heterocycles. The molecule has 0 aliphatic rings. The Labute approximate surface area is 86.8 Å². The van der Waals surface area contributed by atoms with E-state index in [0.29, 0.717) is 0 Å². The van der Waals surface area contributed by atoms with Gasteiger partial charge in [-0.15, -0.1) is 0 Å². The van der Waals surface area contributed by atoms with Crippen LogP contribution in [0.4, 0.5) is 4.79 Å². The van der Waals surface area contributed by atoms with Gasteiger partial charge in [0.1, 0.15) is 11.7 Å². The lowest BCUT2D eigenvalue weighted by Crippen LogP contribution is -2.32. The highest BCUT2D eigenvalue weighted by atomic mass is 16.7. The summed E-state index contributed by atoms with van der Waals surface area (Å²) in [7, 11) is 0. The Balaban J connectivity index is 4.09. The molecule has 0 aliphatic heterocycles. The molecule has 3 heteroatoms. The predicted molar refractivity (Wildman–Crippen MR) is 56.2 cm³/mol. The van der Waals surface area contributed by atoms with Crippen molar-refractivity contribution in [3.8, 4) is 0 Å². The zero-order valence-corrected chi connectivity index (χ0v) is 10.3. The van der Waals surface area contributed by atoms with Gasteiger partial charge in [0.15, 0.2) is 0 Å². The van der Waals surface area contributed by atoms with Crippen molar-refractivity contribution in [2.45, 2.75) is 60.2 Å². The van der Waals surface area contributed by atoms with E-state index in [1.165, 1.54) is 0 Å². The van der Waals surface area contributed by atoms with Gasteiger partial charge in [0.2, 0.25) is 0 Å². The highest BCUT2D eigenvalue weighted by Crippen LogP contribution is 2.22. The molecule has 0 aliphatic carbocycles. The highest BCUT2D eigenvalue weighted by Gasteiger charge is 2.26. The number of hydrogen-bond donors (Lipinski definition) is 0. The van der Waals surface area contributed by atoms with E-state index in [2.05, 4.69) is 0 Å². The average molecular weight is 202 g/mol. The van der Waals surface area contributed by atoms with Crippen molar-refractivity contribution in [1.29, 1.82) is 0 Å². The summed E-state index contributed by atoms with van der Waals surface area (Å²) < 4.78 is 10.2. The molecule has 0 saturated heterocycles. The molecule has 0 aromatic rings. The molecule has 0 spiro atoms. The van der Waals surface area contributed by atoms with Gasteiger partial charge in [-0.1, -0.05) is 20.8 Å². The lowest BCUT2D eigenvalue weighted by molar-refractivity contribution is -0.0458. The minimum atomic E-state index is -0.597. The minimum Gasteiger partial charge on any atom is -0.431 e. The molecule has 0 amide bonds. The van der Waals surface area contributed by atoms with Gasteiger partial charge in [-0.05, 0) is 33.1 Å². The Morgan fingerprint density at radius 3 is 1.79 bits per heavy atom. The molecule has 3 nitrogen and oxygen atoms in total. The smallest absolute Gasteiger partial charge is 0.431 e. The van der Waals surface area contributed by atoms with Gasteiger partial charge >= 0.3 is 6.16 Å². The van der Waals surface area contributed by atoms with E-state index in [0.717, 1.165) is 0 Å². The van der Waals surface area contributed by atoms with Crippen molar-refractivity contribution in [2.24, 2.45) is 5.41 Å². The molecule has 0 fully saturated rings. The maximum Gasteiger partial charge on any atom is 0.509 e. The Morgan fingerprint density at radius 1 is 1.07 bits per heavy atom. The van der Waals surface area contributed by atoms with Crippen LogP contribution in [-0.2, 0) is 9.47 Å². The lowest BCUT2D eigenvalue weighted by Gasteiger charge is -2.28. The summed E-state index contributed by atoms with van der Waals surface area (Å²) in [6.07, 6.45) is -0.753. The van der Waals surface area contributed by atoms with Crippen LogP contribution in [0.3, 0.4) is 0 Å². The molecule has 0 rings (SSSR count). The molecule has 1 unspecified atom stereocenters. The number of carbonyl (C=O) groups is 1. The van der Waals surface area contributed by atoms with Crippen LogP contribution in [0.1, 0.15) is 48.5 Å². The fourth-order valence-electron chi connectivity index (χ4n) is 0.595. The molecule has 0 bridgehead atoms. The number of ether oxygens (including phenoxy) is 2. The maximum absolute atomic E-state index is 11.3. The Hall–Kier alpha value is -0.730. The van der Waals surface area contributed by atoms with Gasteiger partial charge in [0.25, 0.3) is 0 Å². The summed E-state index contributed by atoms with van der Waals surface area (Å²) in [6.45, 7) is 13.4. The van der Waals surface area contributed by atoms with Crippen LogP contribution in [0.25, 0.3) is 0 Å². The van der Waals surface area contributed by atoms with Crippen LogP contribution < -0.4 is 0 Å². The molecule has 0 radical (unpaired) electrons. The molecule has 0 saturated carbocycles. The standard InChI is InChI=1S/C11H22O3/c1-8(10(2,3)4)13-9(12)14-11(5,6)7/h8H,1-7H3. The zero-order chi connectivity index (χ0) is 11.6. The van der Waals surface area contributed by atoms with Gasteiger partial charge in [-0.3, -0.25) is 0 Å². The summed E-state index contributed by atoms with van der Waals surface area (Å²) >= 11 is 0. The summed E-state index contributed by atoms with van der Waals surface area (Å²) in [6, 6.07) is 0. The molecule has 0 aromatic heterocycles. The van der Waals surface area contributed by atoms with Crippen molar-refractivity contribution >= 4 is 6.16 Å². The lowest BCUT2D eigenvalue weighted by atomic mass is 9.90. The van der Waals surface area contributed by atoms with E-state index in [1.54, 1.807) is 0 Å². The summed E-state index contributed by atoms with van der Waals surface area (Å²) in [4.78, 5) is 11.3. The Morgan fingerprint density at radius 2 is 1.50 bits per heavy atom. The van der Waals surface area contributed by atoms with Crippen molar-refractivity contribution in [3.63, 3.8) is 0 Å². The van der Waals surface area contributed by atoms with Crippen LogP contribution >= 0.6 is 0 Å². The molecule has 0 aromatic carbocycles. The van der Waals surface area contributed by atoms with E-state index in [4.69, 9.17) is 9.47 Å². The van der Waals surface area contributed by atoms with Crippen LogP contribution in [0, 0.1) is 5.41 Å². The number of hydrogen-bond acceptors (Lipinski definition) is 3.